The van der Waals surface area contributed by atoms with E-state index in [4.69, 9.17) is 24.7 Å². The number of carbonyl (C=O) groups excluding carboxylic acids is 2. The third kappa shape index (κ3) is 7.29. The first-order chi connectivity index (χ1) is 32.6. The van der Waals surface area contributed by atoms with Crippen molar-refractivity contribution in [3.63, 3.8) is 0 Å². The number of carbonyl (C=O) groups is 2. The summed E-state index contributed by atoms with van der Waals surface area (Å²) in [5.74, 6) is -0.326. The molecule has 8 aromatic rings. The van der Waals surface area contributed by atoms with E-state index in [1.807, 2.05) is 84.9 Å². The molecule has 0 heterocycles. The molecular formula is C57H52N2O8. The van der Waals surface area contributed by atoms with Crippen LogP contribution in [0.3, 0.4) is 0 Å². The Labute approximate surface area is 389 Å². The highest BCUT2D eigenvalue weighted by atomic mass is 16.5. The summed E-state index contributed by atoms with van der Waals surface area (Å²) in [5.41, 5.74) is 2.07. The summed E-state index contributed by atoms with van der Waals surface area (Å²) in [6.45, 7) is 0. The van der Waals surface area contributed by atoms with Gasteiger partial charge in [0.05, 0.1) is 40.5 Å². The van der Waals surface area contributed by atoms with Gasteiger partial charge in [0.25, 0.3) is 0 Å². The van der Waals surface area contributed by atoms with E-state index in [9.17, 15) is 15.0 Å². The van der Waals surface area contributed by atoms with Crippen molar-refractivity contribution >= 4 is 33.4 Å². The standard InChI is InChI=1S/C57H52N2O8/c1-64-47-31-13-9-27-43(47)56(62,44-28-10-14-32-48(44)65-2)51(41-25-17-21-37-19-5-7-23-39(37)41)59(54(61)55(35-36-55)53(58)60)52(42-26-18-22-38-20-6-8-24-40(38)42)57(63,45-29-11-15-33-49(45)66-3)46-30-12-16-34-50(46)67-4/h5-34,51-52,62-63H,35-36H2,1-4H3,(H2,58,60)/t51-,52-/m0/s1. The summed E-state index contributed by atoms with van der Waals surface area (Å²) in [6.07, 6.45) is 0.261. The predicted octanol–water partition coefficient (Wildman–Crippen LogP) is 9.78. The molecule has 1 fully saturated rings. The second-order valence-electron chi connectivity index (χ2n) is 16.9. The highest BCUT2D eigenvalue weighted by Gasteiger charge is 2.64. The van der Waals surface area contributed by atoms with Crippen molar-refractivity contribution in [2.24, 2.45) is 11.1 Å². The second kappa shape index (κ2) is 18.0. The van der Waals surface area contributed by atoms with Crippen LogP contribution in [-0.4, -0.2) is 55.4 Å². The van der Waals surface area contributed by atoms with Crippen molar-refractivity contribution in [1.29, 1.82) is 0 Å². The summed E-state index contributed by atoms with van der Waals surface area (Å²) in [7, 11) is 6.07. The maximum atomic E-state index is 16.9. The lowest BCUT2D eigenvalue weighted by atomic mass is 9.70. The fourth-order valence-electron chi connectivity index (χ4n) is 10.2. The summed E-state index contributed by atoms with van der Waals surface area (Å²) >= 11 is 0. The summed E-state index contributed by atoms with van der Waals surface area (Å²) in [5, 5.41) is 32.8. The maximum absolute atomic E-state index is 16.9. The molecule has 9 rings (SSSR count). The van der Waals surface area contributed by atoms with E-state index in [1.54, 1.807) is 97.1 Å². The number of para-hydroxylation sites is 4. The maximum Gasteiger partial charge on any atom is 0.239 e. The highest BCUT2D eigenvalue weighted by Crippen LogP contribution is 2.61. The normalized spacial score (nSPS) is 14.2. The second-order valence-corrected chi connectivity index (χ2v) is 16.9. The van der Waals surface area contributed by atoms with Crippen LogP contribution in [0.1, 0.15) is 58.3 Å². The van der Waals surface area contributed by atoms with Crippen LogP contribution in [-0.2, 0) is 20.8 Å². The number of fused-ring (bicyclic) bond motifs is 2. The van der Waals surface area contributed by atoms with Crippen LogP contribution in [0.5, 0.6) is 23.0 Å². The Balaban J connectivity index is 1.57. The Bertz CT molecular complexity index is 2830. The third-order valence-corrected chi connectivity index (χ3v) is 13.5. The number of amides is 2. The summed E-state index contributed by atoms with van der Waals surface area (Å²) < 4.78 is 24.5. The van der Waals surface area contributed by atoms with E-state index in [0.29, 0.717) is 44.9 Å². The van der Waals surface area contributed by atoms with Crippen molar-refractivity contribution in [3.8, 4) is 23.0 Å². The van der Waals surface area contributed by atoms with Gasteiger partial charge >= 0.3 is 0 Å². The molecule has 0 unspecified atom stereocenters. The number of rotatable bonds is 16. The van der Waals surface area contributed by atoms with E-state index in [1.165, 1.54) is 33.3 Å². The lowest BCUT2D eigenvalue weighted by molar-refractivity contribution is -0.163. The molecule has 4 N–H and O–H groups in total. The van der Waals surface area contributed by atoms with Crippen LogP contribution >= 0.6 is 0 Å². The monoisotopic (exact) mass is 892 g/mol. The van der Waals surface area contributed by atoms with Crippen molar-refractivity contribution < 1.29 is 38.7 Å². The van der Waals surface area contributed by atoms with Gasteiger partial charge in [-0.05, 0) is 69.8 Å². The highest BCUT2D eigenvalue weighted by molar-refractivity contribution is 6.08. The minimum Gasteiger partial charge on any atom is -0.496 e. The van der Waals surface area contributed by atoms with Crippen molar-refractivity contribution in [1.82, 2.24) is 4.90 Å². The first-order valence-corrected chi connectivity index (χ1v) is 22.1. The molecule has 2 atom stereocenters. The van der Waals surface area contributed by atoms with Crippen LogP contribution in [0, 0.1) is 5.41 Å². The lowest BCUT2D eigenvalue weighted by Gasteiger charge is -2.52. The predicted molar refractivity (Wildman–Crippen MR) is 259 cm³/mol. The van der Waals surface area contributed by atoms with Gasteiger partial charge in [0.15, 0.2) is 0 Å². The zero-order chi connectivity index (χ0) is 46.9. The summed E-state index contributed by atoms with van der Waals surface area (Å²) in [6, 6.07) is 52.1. The van der Waals surface area contributed by atoms with E-state index < -0.39 is 40.5 Å². The van der Waals surface area contributed by atoms with Crippen LogP contribution in [0.2, 0.25) is 0 Å². The van der Waals surface area contributed by atoms with Crippen LogP contribution in [0.15, 0.2) is 182 Å². The number of hydrogen-bond acceptors (Lipinski definition) is 8. The largest absolute Gasteiger partial charge is 0.496 e. The number of methoxy groups -OCH3 is 4. The zero-order valence-corrected chi connectivity index (χ0v) is 37.8. The molecule has 1 aliphatic carbocycles. The number of primary amides is 1. The number of hydrogen-bond donors (Lipinski definition) is 3. The van der Waals surface area contributed by atoms with Gasteiger partial charge in [-0.15, -0.1) is 0 Å². The quantitative estimate of drug-likeness (QED) is 0.0815. The number of nitrogens with zero attached hydrogens (tertiary/aromatic N) is 1. The van der Waals surface area contributed by atoms with Crippen LogP contribution in [0.4, 0.5) is 0 Å². The Kier molecular flexibility index (Phi) is 11.9. The van der Waals surface area contributed by atoms with Gasteiger partial charge in [0, 0.05) is 22.3 Å². The van der Waals surface area contributed by atoms with Gasteiger partial charge in [-0.1, -0.05) is 158 Å². The van der Waals surface area contributed by atoms with Crippen molar-refractivity contribution in [2.45, 2.75) is 36.1 Å². The average molecular weight is 893 g/mol. The SMILES string of the molecule is COc1ccccc1C(O)(c1ccccc1OC)[C@H](c1cccc2ccccc12)N(C(=O)C1(C(N)=O)CC1)[C@@H](c1cccc2ccccc12)C(O)(c1ccccc1OC)c1ccccc1OC. The number of nitrogens with two attached hydrogens (primary N) is 1. The molecule has 338 valence electrons. The van der Waals surface area contributed by atoms with Gasteiger partial charge in [0.2, 0.25) is 11.8 Å². The minimum absolute atomic E-state index is 0.131. The molecule has 67 heavy (non-hydrogen) atoms. The molecule has 1 aliphatic rings. The van der Waals surface area contributed by atoms with Gasteiger partial charge in [-0.25, -0.2) is 0 Å². The average Bonchev–Trinajstić information content (AvgIpc) is 4.21. The molecule has 10 heteroatoms. The first kappa shape index (κ1) is 44.5. The molecule has 0 saturated heterocycles. The Morgan fingerprint density at radius 1 is 0.478 bits per heavy atom. The molecule has 2 amide bonds. The Morgan fingerprint density at radius 2 is 0.776 bits per heavy atom. The van der Waals surface area contributed by atoms with E-state index >= 15 is 4.79 Å². The topological polar surface area (TPSA) is 141 Å². The van der Waals surface area contributed by atoms with E-state index in [-0.39, 0.29) is 35.1 Å². The Morgan fingerprint density at radius 3 is 1.09 bits per heavy atom. The zero-order valence-electron chi connectivity index (χ0n) is 37.8. The van der Waals surface area contributed by atoms with Crippen LogP contribution < -0.4 is 24.7 Å². The molecule has 10 nitrogen and oxygen atoms in total. The van der Waals surface area contributed by atoms with Crippen molar-refractivity contribution in [2.75, 3.05) is 28.4 Å². The van der Waals surface area contributed by atoms with Gasteiger partial charge in [-0.2, -0.15) is 0 Å². The fourth-order valence-corrected chi connectivity index (χ4v) is 10.2. The number of aliphatic hydroxyl groups is 2. The molecule has 0 aromatic heterocycles. The van der Waals surface area contributed by atoms with Crippen LogP contribution in [0.25, 0.3) is 21.5 Å². The lowest BCUT2D eigenvalue weighted by Crippen LogP contribution is -2.57. The van der Waals surface area contributed by atoms with Crippen molar-refractivity contribution in [3.05, 3.63) is 215 Å². The third-order valence-electron chi connectivity index (χ3n) is 13.5. The molecule has 0 radical (unpaired) electrons. The number of ether oxygens (including phenoxy) is 4. The fraction of sp³-hybridized carbons (Fsp3) is 0.193. The van der Waals surface area contributed by atoms with Gasteiger partial charge in [0.1, 0.15) is 39.6 Å². The number of benzene rings is 8. The van der Waals surface area contributed by atoms with Gasteiger partial charge in [-0.3, -0.25) is 9.59 Å². The molecule has 0 bridgehead atoms. The van der Waals surface area contributed by atoms with E-state index in [0.717, 1.165) is 10.8 Å². The molecule has 8 aromatic carbocycles. The minimum atomic E-state index is -2.32. The summed E-state index contributed by atoms with van der Waals surface area (Å²) in [4.78, 5) is 32.5. The van der Waals surface area contributed by atoms with Gasteiger partial charge < -0.3 is 39.8 Å². The molecule has 1 saturated carbocycles. The first-order valence-electron chi connectivity index (χ1n) is 22.1. The molecule has 0 aliphatic heterocycles. The smallest absolute Gasteiger partial charge is 0.239 e. The molecule has 0 spiro atoms. The molecular weight excluding hydrogens is 841 g/mol. The Hall–Kier alpha value is -7.66. The van der Waals surface area contributed by atoms with E-state index in [2.05, 4.69) is 0 Å².